The fraction of sp³-hybridized carbons (Fsp3) is 0.273. The summed E-state index contributed by atoms with van der Waals surface area (Å²) in [5, 5.41) is 4.89. The van der Waals surface area contributed by atoms with E-state index in [9.17, 15) is 14.0 Å². The van der Waals surface area contributed by atoms with Gasteiger partial charge in [-0.2, -0.15) is 0 Å². The van der Waals surface area contributed by atoms with Crippen molar-refractivity contribution in [1.29, 1.82) is 0 Å². The van der Waals surface area contributed by atoms with Gasteiger partial charge in [-0.15, -0.1) is 0 Å². The molecule has 16 heavy (non-hydrogen) atoms. The molecule has 2 amide bonds. The van der Waals surface area contributed by atoms with E-state index in [1.54, 1.807) is 6.07 Å². The van der Waals surface area contributed by atoms with Gasteiger partial charge in [0.2, 0.25) is 5.91 Å². The Morgan fingerprint density at radius 1 is 1.31 bits per heavy atom. The number of carbonyl (C=O) groups is 2. The quantitative estimate of drug-likeness (QED) is 0.790. The second kappa shape index (κ2) is 5.85. The average Bonchev–Trinajstić information content (AvgIpc) is 2.29. The maximum Gasteiger partial charge on any atom is 0.254 e. The summed E-state index contributed by atoms with van der Waals surface area (Å²) in [6.07, 6.45) is 0.177. The number of halogens is 1. The smallest absolute Gasteiger partial charge is 0.254 e. The van der Waals surface area contributed by atoms with Gasteiger partial charge in [0.05, 0.1) is 5.56 Å². The van der Waals surface area contributed by atoms with Crippen molar-refractivity contribution in [3.05, 3.63) is 35.6 Å². The van der Waals surface area contributed by atoms with Crippen LogP contribution in [0.25, 0.3) is 0 Å². The summed E-state index contributed by atoms with van der Waals surface area (Å²) in [5.41, 5.74) is -0.0144. The van der Waals surface area contributed by atoms with Gasteiger partial charge in [0.15, 0.2) is 0 Å². The summed E-state index contributed by atoms with van der Waals surface area (Å²) >= 11 is 0. The van der Waals surface area contributed by atoms with E-state index in [0.29, 0.717) is 0 Å². The third kappa shape index (κ3) is 3.34. The van der Waals surface area contributed by atoms with E-state index >= 15 is 0 Å². The van der Waals surface area contributed by atoms with Crippen LogP contribution >= 0.6 is 0 Å². The SMILES string of the molecule is CNC(=O)CCNC(=O)c1ccccc1F. The summed E-state index contributed by atoms with van der Waals surface area (Å²) in [4.78, 5) is 22.3. The van der Waals surface area contributed by atoms with Crippen LogP contribution in [-0.4, -0.2) is 25.4 Å². The first-order valence-corrected chi connectivity index (χ1v) is 4.88. The number of benzene rings is 1. The van der Waals surface area contributed by atoms with Crippen LogP contribution in [-0.2, 0) is 4.79 Å². The number of rotatable bonds is 4. The minimum absolute atomic E-state index is 0.0144. The fourth-order valence-corrected chi connectivity index (χ4v) is 1.16. The van der Waals surface area contributed by atoms with Crippen LogP contribution in [0.3, 0.4) is 0 Å². The van der Waals surface area contributed by atoms with E-state index in [-0.39, 0.29) is 24.4 Å². The van der Waals surface area contributed by atoms with Crippen LogP contribution in [0.4, 0.5) is 4.39 Å². The average molecular weight is 224 g/mol. The van der Waals surface area contributed by atoms with E-state index in [2.05, 4.69) is 10.6 Å². The highest BCUT2D eigenvalue weighted by molar-refractivity contribution is 5.94. The topological polar surface area (TPSA) is 58.2 Å². The van der Waals surface area contributed by atoms with Gasteiger partial charge in [-0.25, -0.2) is 4.39 Å². The van der Waals surface area contributed by atoms with E-state index in [1.807, 2.05) is 0 Å². The molecule has 86 valence electrons. The van der Waals surface area contributed by atoms with Crippen LogP contribution in [0.5, 0.6) is 0 Å². The zero-order chi connectivity index (χ0) is 12.0. The second-order valence-electron chi connectivity index (χ2n) is 3.16. The van der Waals surface area contributed by atoms with E-state index in [0.717, 1.165) is 0 Å². The monoisotopic (exact) mass is 224 g/mol. The normalized spacial score (nSPS) is 9.62. The Bertz CT molecular complexity index is 393. The lowest BCUT2D eigenvalue weighted by molar-refractivity contribution is -0.120. The Balaban J connectivity index is 2.47. The van der Waals surface area contributed by atoms with Gasteiger partial charge < -0.3 is 10.6 Å². The van der Waals surface area contributed by atoms with Gasteiger partial charge in [0.1, 0.15) is 5.82 Å². The van der Waals surface area contributed by atoms with Crippen molar-refractivity contribution in [1.82, 2.24) is 10.6 Å². The van der Waals surface area contributed by atoms with E-state index in [1.165, 1.54) is 25.2 Å². The Kier molecular flexibility index (Phi) is 4.44. The lowest BCUT2D eigenvalue weighted by Crippen LogP contribution is -2.29. The first kappa shape index (κ1) is 12.2. The summed E-state index contributed by atoms with van der Waals surface area (Å²) < 4.78 is 13.2. The zero-order valence-electron chi connectivity index (χ0n) is 8.92. The first-order valence-electron chi connectivity index (χ1n) is 4.88. The lowest BCUT2D eigenvalue weighted by Gasteiger charge is -2.05. The summed E-state index contributed by atoms with van der Waals surface area (Å²) in [6, 6.07) is 5.70. The Labute approximate surface area is 92.8 Å². The molecule has 1 aromatic rings. The van der Waals surface area contributed by atoms with Crippen molar-refractivity contribution >= 4 is 11.8 Å². The predicted octanol–water partition coefficient (Wildman–Crippen LogP) is 0.692. The molecule has 0 radical (unpaired) electrons. The molecule has 0 fully saturated rings. The van der Waals surface area contributed by atoms with E-state index < -0.39 is 11.7 Å². The lowest BCUT2D eigenvalue weighted by atomic mass is 10.2. The largest absolute Gasteiger partial charge is 0.359 e. The molecule has 0 aliphatic heterocycles. The summed E-state index contributed by atoms with van der Waals surface area (Å²) in [7, 11) is 1.51. The second-order valence-corrected chi connectivity index (χ2v) is 3.16. The Morgan fingerprint density at radius 3 is 2.62 bits per heavy atom. The first-order chi connectivity index (χ1) is 7.65. The highest BCUT2D eigenvalue weighted by atomic mass is 19.1. The molecule has 4 nitrogen and oxygen atoms in total. The van der Waals surface area contributed by atoms with Crippen LogP contribution in [0.1, 0.15) is 16.8 Å². The van der Waals surface area contributed by atoms with Gasteiger partial charge in [-0.3, -0.25) is 9.59 Å². The highest BCUT2D eigenvalue weighted by Gasteiger charge is 2.10. The molecule has 0 unspecified atom stereocenters. The van der Waals surface area contributed by atoms with Crippen molar-refractivity contribution in [3.8, 4) is 0 Å². The molecule has 1 rings (SSSR count). The maximum absolute atomic E-state index is 13.2. The van der Waals surface area contributed by atoms with Gasteiger partial charge >= 0.3 is 0 Å². The van der Waals surface area contributed by atoms with Crippen LogP contribution in [0.15, 0.2) is 24.3 Å². The standard InChI is InChI=1S/C11H13FN2O2/c1-13-10(15)6-7-14-11(16)8-4-2-3-5-9(8)12/h2-5H,6-7H2,1H3,(H,13,15)(H,14,16). The van der Waals surface area contributed by atoms with Crippen LogP contribution in [0.2, 0.25) is 0 Å². The number of nitrogens with one attached hydrogen (secondary N) is 2. The van der Waals surface area contributed by atoms with Gasteiger partial charge in [-0.1, -0.05) is 12.1 Å². The molecule has 0 heterocycles. The fourth-order valence-electron chi connectivity index (χ4n) is 1.16. The molecule has 0 aliphatic rings. The van der Waals surface area contributed by atoms with Crippen LogP contribution in [0, 0.1) is 5.82 Å². The maximum atomic E-state index is 13.2. The van der Waals surface area contributed by atoms with Crippen molar-refractivity contribution in [2.75, 3.05) is 13.6 Å². The molecule has 0 atom stereocenters. The molecule has 0 saturated carbocycles. The Hall–Kier alpha value is -1.91. The Morgan fingerprint density at radius 2 is 2.00 bits per heavy atom. The third-order valence-electron chi connectivity index (χ3n) is 2.03. The van der Waals surface area contributed by atoms with Crippen molar-refractivity contribution in [2.45, 2.75) is 6.42 Å². The molecule has 0 saturated heterocycles. The van der Waals surface area contributed by atoms with Crippen molar-refractivity contribution in [3.63, 3.8) is 0 Å². The van der Waals surface area contributed by atoms with Crippen molar-refractivity contribution in [2.24, 2.45) is 0 Å². The molecule has 1 aromatic carbocycles. The van der Waals surface area contributed by atoms with Crippen molar-refractivity contribution < 1.29 is 14.0 Å². The van der Waals surface area contributed by atoms with Gasteiger partial charge in [0, 0.05) is 20.0 Å². The summed E-state index contributed by atoms with van der Waals surface area (Å²) in [6.45, 7) is 0.187. The van der Waals surface area contributed by atoms with Gasteiger partial charge in [0.25, 0.3) is 5.91 Å². The number of carbonyl (C=O) groups excluding carboxylic acids is 2. The summed E-state index contributed by atoms with van der Waals surface area (Å²) in [5.74, 6) is -1.25. The molecule has 0 bridgehead atoms. The number of amides is 2. The molecule has 5 heteroatoms. The molecule has 0 aromatic heterocycles. The molecule has 0 spiro atoms. The zero-order valence-corrected chi connectivity index (χ0v) is 8.92. The van der Waals surface area contributed by atoms with E-state index in [4.69, 9.17) is 0 Å². The molecular formula is C11H13FN2O2. The molecule has 0 aliphatic carbocycles. The molecular weight excluding hydrogens is 211 g/mol. The molecule has 2 N–H and O–H groups in total. The number of hydrogen-bond acceptors (Lipinski definition) is 2. The third-order valence-corrected chi connectivity index (χ3v) is 2.03. The van der Waals surface area contributed by atoms with Gasteiger partial charge in [-0.05, 0) is 12.1 Å². The highest BCUT2D eigenvalue weighted by Crippen LogP contribution is 2.05. The predicted molar refractivity (Wildman–Crippen MR) is 57.4 cm³/mol. The minimum Gasteiger partial charge on any atom is -0.359 e. The minimum atomic E-state index is -0.569. The van der Waals surface area contributed by atoms with Crippen LogP contribution < -0.4 is 10.6 Å². The number of hydrogen-bond donors (Lipinski definition) is 2.